The van der Waals surface area contributed by atoms with Gasteiger partial charge >= 0.3 is 0 Å². The molecule has 0 aliphatic heterocycles. The second kappa shape index (κ2) is 4.05. The highest BCUT2D eigenvalue weighted by Crippen LogP contribution is 2.11. The smallest absolute Gasteiger partial charge is 0.207 e. The van der Waals surface area contributed by atoms with Crippen LogP contribution in [-0.2, 0) is 4.79 Å². The molecule has 0 aliphatic carbocycles. The number of nitro groups is 1. The van der Waals surface area contributed by atoms with E-state index in [2.05, 4.69) is 0 Å². The van der Waals surface area contributed by atoms with Crippen LogP contribution in [0.3, 0.4) is 0 Å². The van der Waals surface area contributed by atoms with Gasteiger partial charge in [0.2, 0.25) is 6.54 Å². The van der Waals surface area contributed by atoms with E-state index < -0.39 is 0 Å². The van der Waals surface area contributed by atoms with Gasteiger partial charge in [-0.15, -0.1) is 0 Å². The summed E-state index contributed by atoms with van der Waals surface area (Å²) in [7, 11) is 0. The van der Waals surface area contributed by atoms with Crippen LogP contribution in [0.4, 0.5) is 0 Å². The summed E-state index contributed by atoms with van der Waals surface area (Å²) < 4.78 is 0. The molecule has 0 amide bonds. The van der Waals surface area contributed by atoms with Gasteiger partial charge < -0.3 is 0 Å². The van der Waals surface area contributed by atoms with Crippen LogP contribution in [0.25, 0.3) is 0 Å². The van der Waals surface area contributed by atoms with Crippen molar-refractivity contribution in [3.63, 3.8) is 0 Å². The van der Waals surface area contributed by atoms with Crippen molar-refractivity contribution in [2.24, 2.45) is 11.8 Å². The molecule has 0 heterocycles. The average molecular weight is 159 g/mol. The molecule has 4 nitrogen and oxygen atoms in total. The van der Waals surface area contributed by atoms with Crippen molar-refractivity contribution in [3.8, 4) is 0 Å². The van der Waals surface area contributed by atoms with Crippen LogP contribution in [0.15, 0.2) is 0 Å². The lowest BCUT2D eigenvalue weighted by Crippen LogP contribution is -2.23. The van der Waals surface area contributed by atoms with Gasteiger partial charge in [-0.3, -0.25) is 14.9 Å². The maximum atomic E-state index is 10.7. The van der Waals surface area contributed by atoms with E-state index in [9.17, 15) is 14.9 Å². The quantitative estimate of drug-likeness (QED) is 0.456. The Morgan fingerprint density at radius 1 is 1.55 bits per heavy atom. The number of carbonyl (C=O) groups is 1. The van der Waals surface area contributed by atoms with Gasteiger partial charge in [0.25, 0.3) is 0 Å². The highest BCUT2D eigenvalue weighted by atomic mass is 16.6. The molecule has 0 aromatic carbocycles. The molecule has 2 unspecified atom stereocenters. The zero-order valence-electron chi connectivity index (χ0n) is 7.03. The predicted molar refractivity (Wildman–Crippen MR) is 40.9 cm³/mol. The Bertz CT molecular complexity index is 167. The SMILES string of the molecule is CC(=O)C(C)C(C)C[N+](=O)[O-]. The second-order valence-electron chi connectivity index (χ2n) is 2.89. The van der Waals surface area contributed by atoms with Crippen LogP contribution in [0.2, 0.25) is 0 Å². The zero-order chi connectivity index (χ0) is 9.02. The fourth-order valence-electron chi connectivity index (χ4n) is 0.794. The van der Waals surface area contributed by atoms with Crippen LogP contribution < -0.4 is 0 Å². The number of ketones is 1. The summed E-state index contributed by atoms with van der Waals surface area (Å²) in [5.41, 5.74) is 0. The molecule has 0 radical (unpaired) electrons. The lowest BCUT2D eigenvalue weighted by Gasteiger charge is -2.11. The van der Waals surface area contributed by atoms with Crippen LogP contribution in [-0.4, -0.2) is 17.3 Å². The molecular formula is C7H13NO3. The van der Waals surface area contributed by atoms with Gasteiger partial charge in [0, 0.05) is 16.8 Å². The van der Waals surface area contributed by atoms with Gasteiger partial charge in [0.1, 0.15) is 5.78 Å². The summed E-state index contributed by atoms with van der Waals surface area (Å²) in [4.78, 5) is 20.4. The van der Waals surface area contributed by atoms with Crippen molar-refractivity contribution >= 4 is 5.78 Å². The first kappa shape index (κ1) is 10.1. The van der Waals surface area contributed by atoms with E-state index in [1.165, 1.54) is 6.92 Å². The Labute approximate surface area is 65.7 Å². The van der Waals surface area contributed by atoms with Gasteiger partial charge in [-0.1, -0.05) is 13.8 Å². The van der Waals surface area contributed by atoms with Crippen molar-refractivity contribution in [1.82, 2.24) is 0 Å². The molecule has 0 fully saturated rings. The molecule has 0 saturated carbocycles. The van der Waals surface area contributed by atoms with Crippen molar-refractivity contribution in [3.05, 3.63) is 10.1 Å². The summed E-state index contributed by atoms with van der Waals surface area (Å²) in [6, 6.07) is 0. The third-order valence-corrected chi connectivity index (χ3v) is 1.93. The van der Waals surface area contributed by atoms with Crippen LogP contribution in [0.1, 0.15) is 20.8 Å². The Hall–Kier alpha value is -0.930. The Kier molecular flexibility index (Phi) is 3.71. The minimum Gasteiger partial charge on any atom is -0.300 e. The lowest BCUT2D eigenvalue weighted by atomic mass is 9.93. The van der Waals surface area contributed by atoms with E-state index in [-0.39, 0.29) is 29.1 Å². The van der Waals surface area contributed by atoms with E-state index in [4.69, 9.17) is 0 Å². The first-order valence-corrected chi connectivity index (χ1v) is 3.57. The molecule has 0 saturated heterocycles. The lowest BCUT2D eigenvalue weighted by molar-refractivity contribution is -0.488. The molecule has 4 heteroatoms. The average Bonchev–Trinajstić information content (AvgIpc) is 1.84. The normalized spacial score (nSPS) is 15.5. The third kappa shape index (κ3) is 3.70. The first-order chi connectivity index (χ1) is 4.95. The van der Waals surface area contributed by atoms with Crippen LogP contribution >= 0.6 is 0 Å². The fourth-order valence-corrected chi connectivity index (χ4v) is 0.794. The Morgan fingerprint density at radius 3 is 2.27 bits per heavy atom. The van der Waals surface area contributed by atoms with Crippen molar-refractivity contribution in [1.29, 1.82) is 0 Å². The number of nitrogens with zero attached hydrogens (tertiary/aromatic N) is 1. The maximum absolute atomic E-state index is 10.7. The van der Waals surface area contributed by atoms with Crippen LogP contribution in [0, 0.1) is 22.0 Å². The number of Topliss-reactive ketones (excluding diaryl/α,β-unsaturated/α-hetero) is 1. The van der Waals surface area contributed by atoms with E-state index in [0.29, 0.717) is 0 Å². The maximum Gasteiger partial charge on any atom is 0.207 e. The molecule has 0 spiro atoms. The van der Waals surface area contributed by atoms with Crippen molar-refractivity contribution < 1.29 is 9.72 Å². The number of hydrogen-bond acceptors (Lipinski definition) is 3. The highest BCUT2D eigenvalue weighted by Gasteiger charge is 2.20. The van der Waals surface area contributed by atoms with E-state index in [0.717, 1.165) is 0 Å². The Balaban J connectivity index is 3.92. The van der Waals surface area contributed by atoms with Gasteiger partial charge in [0.05, 0.1) is 0 Å². The van der Waals surface area contributed by atoms with E-state index in [1.807, 2.05) is 0 Å². The highest BCUT2D eigenvalue weighted by molar-refractivity contribution is 5.78. The standard InChI is InChI=1S/C7H13NO3/c1-5(4-8(10)11)6(2)7(3)9/h5-6H,4H2,1-3H3. The van der Waals surface area contributed by atoms with E-state index in [1.54, 1.807) is 13.8 Å². The van der Waals surface area contributed by atoms with Gasteiger partial charge in [-0.05, 0) is 6.92 Å². The molecule has 0 N–H and O–H groups in total. The minimum absolute atomic E-state index is 0.0133. The van der Waals surface area contributed by atoms with Gasteiger partial charge in [-0.25, -0.2) is 0 Å². The molecule has 11 heavy (non-hydrogen) atoms. The largest absolute Gasteiger partial charge is 0.300 e. The monoisotopic (exact) mass is 159 g/mol. The molecular weight excluding hydrogens is 146 g/mol. The third-order valence-electron chi connectivity index (χ3n) is 1.93. The molecule has 0 rings (SSSR count). The molecule has 2 atom stereocenters. The number of hydrogen-bond donors (Lipinski definition) is 0. The summed E-state index contributed by atoms with van der Waals surface area (Å²) >= 11 is 0. The number of carbonyl (C=O) groups excluding carboxylic acids is 1. The summed E-state index contributed by atoms with van der Waals surface area (Å²) in [5.74, 6) is -0.359. The molecule has 0 bridgehead atoms. The molecule has 0 aromatic heterocycles. The van der Waals surface area contributed by atoms with Crippen molar-refractivity contribution in [2.75, 3.05) is 6.54 Å². The first-order valence-electron chi connectivity index (χ1n) is 3.57. The van der Waals surface area contributed by atoms with Crippen molar-refractivity contribution in [2.45, 2.75) is 20.8 Å². The van der Waals surface area contributed by atoms with Gasteiger partial charge in [0.15, 0.2) is 0 Å². The summed E-state index contributed by atoms with van der Waals surface area (Å²) in [6.07, 6.45) is 0. The predicted octanol–water partition coefficient (Wildman–Crippen LogP) is 1.12. The Morgan fingerprint density at radius 2 is 2.00 bits per heavy atom. The topological polar surface area (TPSA) is 60.2 Å². The number of rotatable bonds is 4. The van der Waals surface area contributed by atoms with E-state index >= 15 is 0 Å². The molecule has 0 aromatic rings. The second-order valence-corrected chi connectivity index (χ2v) is 2.89. The zero-order valence-corrected chi connectivity index (χ0v) is 7.03. The van der Waals surface area contributed by atoms with Crippen LogP contribution in [0.5, 0.6) is 0 Å². The fraction of sp³-hybridized carbons (Fsp3) is 0.857. The minimum atomic E-state index is -0.385. The summed E-state index contributed by atoms with van der Waals surface area (Å²) in [5, 5.41) is 10.0. The molecule has 64 valence electrons. The summed E-state index contributed by atoms with van der Waals surface area (Å²) in [6.45, 7) is 4.77. The van der Waals surface area contributed by atoms with Gasteiger partial charge in [-0.2, -0.15) is 0 Å². The molecule has 0 aliphatic rings.